The minimum Gasteiger partial charge on any atom is -0.383 e. The highest BCUT2D eigenvalue weighted by Crippen LogP contribution is 2.46. The maximum Gasteiger partial charge on any atom is 0.414 e. The van der Waals surface area contributed by atoms with Crippen molar-refractivity contribution in [2.75, 3.05) is 6.61 Å². The molecule has 32 heavy (non-hydrogen) atoms. The second kappa shape index (κ2) is 9.08. The maximum atomic E-state index is 14.8. The van der Waals surface area contributed by atoms with Gasteiger partial charge in [0.2, 0.25) is 0 Å². The standard InChI is InChI=1S/C21H20F4N2O4S/c1-12-16(17(28)21(23,24)25)20(11-31-12,14-9-5-6-10-15(14)22)26-19(30)27(32)18(29)13-7-3-2-4-8-13/h2-10,12,16-17,28,32H,11H2,1H3,(H,26,30)/t12-,16+,17?,20+/m1/s1. The number of aliphatic hydroxyl groups is 1. The molecule has 3 amide bonds. The number of rotatable bonds is 4. The third-order valence-corrected chi connectivity index (χ3v) is 5.78. The second-order valence-electron chi connectivity index (χ2n) is 7.39. The summed E-state index contributed by atoms with van der Waals surface area (Å²) in [6, 6.07) is 11.3. The van der Waals surface area contributed by atoms with Crippen LogP contribution in [0.15, 0.2) is 54.6 Å². The molecule has 2 aromatic carbocycles. The van der Waals surface area contributed by atoms with E-state index in [4.69, 9.17) is 4.74 Å². The van der Waals surface area contributed by atoms with Crippen LogP contribution in [-0.2, 0) is 10.3 Å². The normalized spacial score (nSPS) is 24.1. The maximum absolute atomic E-state index is 14.8. The smallest absolute Gasteiger partial charge is 0.383 e. The van der Waals surface area contributed by atoms with Crippen LogP contribution in [0.2, 0.25) is 0 Å². The largest absolute Gasteiger partial charge is 0.414 e. The molecule has 2 N–H and O–H groups in total. The van der Waals surface area contributed by atoms with Gasteiger partial charge in [0, 0.05) is 17.0 Å². The van der Waals surface area contributed by atoms with Crippen molar-refractivity contribution in [1.29, 1.82) is 0 Å². The highest BCUT2D eigenvalue weighted by atomic mass is 32.1. The van der Waals surface area contributed by atoms with Crippen LogP contribution < -0.4 is 5.32 Å². The molecule has 172 valence electrons. The topological polar surface area (TPSA) is 78.9 Å². The number of carbonyl (C=O) groups excluding carboxylic acids is 2. The third-order valence-electron chi connectivity index (χ3n) is 5.41. The van der Waals surface area contributed by atoms with Crippen LogP contribution in [0.4, 0.5) is 22.4 Å². The van der Waals surface area contributed by atoms with Crippen LogP contribution in [0.5, 0.6) is 0 Å². The van der Waals surface area contributed by atoms with E-state index in [-0.39, 0.29) is 11.1 Å². The lowest BCUT2D eigenvalue weighted by atomic mass is 9.74. The molecule has 4 atom stereocenters. The Hall–Kier alpha value is -2.63. The van der Waals surface area contributed by atoms with Gasteiger partial charge in [-0.05, 0) is 25.1 Å². The number of ether oxygens (including phenoxy) is 1. The van der Waals surface area contributed by atoms with Crippen LogP contribution in [0.25, 0.3) is 0 Å². The number of imide groups is 1. The Kier molecular flexibility index (Phi) is 6.82. The number of hydrogen-bond donors (Lipinski definition) is 3. The third kappa shape index (κ3) is 4.45. The van der Waals surface area contributed by atoms with Gasteiger partial charge in [-0.15, -0.1) is 0 Å². The number of nitrogens with zero attached hydrogens (tertiary/aromatic N) is 1. The highest BCUT2D eigenvalue weighted by molar-refractivity contribution is 7.79. The molecule has 0 aliphatic carbocycles. The highest BCUT2D eigenvalue weighted by Gasteiger charge is 2.60. The predicted octanol–water partition coefficient (Wildman–Crippen LogP) is 3.68. The summed E-state index contributed by atoms with van der Waals surface area (Å²) in [6.07, 6.45) is -9.23. The fourth-order valence-electron chi connectivity index (χ4n) is 3.90. The van der Waals surface area contributed by atoms with E-state index in [0.29, 0.717) is 4.31 Å². The zero-order chi connectivity index (χ0) is 23.7. The quantitative estimate of drug-likeness (QED) is 0.469. The molecule has 3 rings (SSSR count). The molecule has 0 bridgehead atoms. The molecule has 6 nitrogen and oxygen atoms in total. The van der Waals surface area contributed by atoms with Crippen molar-refractivity contribution in [2.24, 2.45) is 5.92 Å². The van der Waals surface area contributed by atoms with E-state index < -0.39 is 54.2 Å². The van der Waals surface area contributed by atoms with Gasteiger partial charge in [-0.3, -0.25) is 4.79 Å². The molecule has 0 spiro atoms. The zero-order valence-electron chi connectivity index (χ0n) is 16.7. The molecular weight excluding hydrogens is 452 g/mol. The van der Waals surface area contributed by atoms with Crippen molar-refractivity contribution >= 4 is 24.8 Å². The average Bonchev–Trinajstić information content (AvgIpc) is 3.08. The zero-order valence-corrected chi connectivity index (χ0v) is 17.6. The summed E-state index contributed by atoms with van der Waals surface area (Å²) in [4.78, 5) is 25.5. The summed E-state index contributed by atoms with van der Waals surface area (Å²) in [5.74, 6) is -3.57. The van der Waals surface area contributed by atoms with Gasteiger partial charge in [-0.1, -0.05) is 49.2 Å². The number of urea groups is 1. The number of amides is 3. The Labute approximate surface area is 186 Å². The Bertz CT molecular complexity index is 991. The van der Waals surface area contributed by atoms with E-state index in [9.17, 15) is 32.3 Å². The lowest BCUT2D eigenvalue weighted by molar-refractivity contribution is -0.228. The first-order valence-corrected chi connectivity index (χ1v) is 9.91. The summed E-state index contributed by atoms with van der Waals surface area (Å²) in [7, 11) is 0. The Morgan fingerprint density at radius 3 is 2.38 bits per heavy atom. The number of hydrogen-bond acceptors (Lipinski definition) is 5. The van der Waals surface area contributed by atoms with Crippen LogP contribution in [0.3, 0.4) is 0 Å². The van der Waals surface area contributed by atoms with Crippen molar-refractivity contribution in [3.63, 3.8) is 0 Å². The molecule has 11 heteroatoms. The first-order valence-electron chi connectivity index (χ1n) is 9.51. The number of alkyl halides is 3. The predicted molar refractivity (Wildman–Crippen MR) is 109 cm³/mol. The molecule has 1 aliphatic heterocycles. The number of aliphatic hydroxyl groups excluding tert-OH is 1. The molecule has 2 aromatic rings. The van der Waals surface area contributed by atoms with Gasteiger partial charge in [0.25, 0.3) is 5.91 Å². The first kappa shape index (κ1) is 24.0. The molecule has 0 saturated carbocycles. The van der Waals surface area contributed by atoms with E-state index in [1.807, 2.05) is 0 Å². The van der Waals surface area contributed by atoms with Gasteiger partial charge in [0.05, 0.1) is 12.7 Å². The molecule has 1 heterocycles. The van der Waals surface area contributed by atoms with Gasteiger partial charge in [-0.2, -0.15) is 13.2 Å². The lowest BCUT2D eigenvalue weighted by Crippen LogP contribution is -2.60. The number of benzene rings is 2. The Balaban J connectivity index is 2.03. The minimum atomic E-state index is -5.08. The van der Waals surface area contributed by atoms with E-state index in [1.165, 1.54) is 37.3 Å². The number of carbonyl (C=O) groups is 2. The van der Waals surface area contributed by atoms with Gasteiger partial charge in [-0.25, -0.2) is 13.5 Å². The number of halogens is 4. The van der Waals surface area contributed by atoms with Crippen LogP contribution >= 0.6 is 12.8 Å². The summed E-state index contributed by atoms with van der Waals surface area (Å²) in [6.45, 7) is 0.710. The summed E-state index contributed by atoms with van der Waals surface area (Å²) < 4.78 is 61.0. The lowest BCUT2D eigenvalue weighted by Gasteiger charge is -2.39. The fraction of sp³-hybridized carbons (Fsp3) is 0.333. The van der Waals surface area contributed by atoms with Crippen molar-refractivity contribution in [3.8, 4) is 0 Å². The van der Waals surface area contributed by atoms with Gasteiger partial charge in [0.15, 0.2) is 6.10 Å². The van der Waals surface area contributed by atoms with E-state index >= 15 is 0 Å². The van der Waals surface area contributed by atoms with Crippen LogP contribution in [0.1, 0.15) is 22.8 Å². The molecule has 1 aliphatic rings. The summed E-state index contributed by atoms with van der Waals surface area (Å²) in [5, 5.41) is 12.4. The minimum absolute atomic E-state index is 0.0977. The molecule has 1 unspecified atom stereocenters. The summed E-state index contributed by atoms with van der Waals surface area (Å²) >= 11 is 3.89. The van der Waals surface area contributed by atoms with Crippen molar-refractivity contribution in [2.45, 2.75) is 30.8 Å². The monoisotopic (exact) mass is 472 g/mol. The van der Waals surface area contributed by atoms with Gasteiger partial charge < -0.3 is 15.2 Å². The van der Waals surface area contributed by atoms with Crippen molar-refractivity contribution < 1.29 is 37.0 Å². The molecule has 1 saturated heterocycles. The molecule has 0 aromatic heterocycles. The van der Waals surface area contributed by atoms with E-state index in [0.717, 1.165) is 6.07 Å². The second-order valence-corrected chi connectivity index (χ2v) is 7.79. The Morgan fingerprint density at radius 2 is 1.78 bits per heavy atom. The molecule has 0 radical (unpaired) electrons. The van der Waals surface area contributed by atoms with Crippen molar-refractivity contribution in [3.05, 3.63) is 71.5 Å². The van der Waals surface area contributed by atoms with Gasteiger partial charge in [0.1, 0.15) is 11.4 Å². The van der Waals surface area contributed by atoms with E-state index in [1.54, 1.807) is 18.2 Å². The van der Waals surface area contributed by atoms with Gasteiger partial charge >= 0.3 is 12.2 Å². The average molecular weight is 472 g/mol. The first-order chi connectivity index (χ1) is 15.0. The molecule has 1 fully saturated rings. The summed E-state index contributed by atoms with van der Waals surface area (Å²) in [5.41, 5.74) is -2.35. The molecular formula is C21H20F4N2O4S. The van der Waals surface area contributed by atoms with Crippen LogP contribution in [-0.4, -0.2) is 46.3 Å². The van der Waals surface area contributed by atoms with Crippen LogP contribution in [0, 0.1) is 11.7 Å². The number of nitrogens with one attached hydrogen (secondary N) is 1. The Morgan fingerprint density at radius 1 is 1.19 bits per heavy atom. The van der Waals surface area contributed by atoms with Crippen molar-refractivity contribution in [1.82, 2.24) is 9.62 Å². The fourth-order valence-corrected chi connectivity index (χ4v) is 4.06. The SMILES string of the molecule is C[C@H]1OC[C@](NC(=O)N(S)C(=O)c2ccccc2)(c2ccccc2F)[C@@H]1C(O)C(F)(F)F. The number of thiol groups is 1. The van der Waals surface area contributed by atoms with E-state index in [2.05, 4.69) is 18.1 Å².